The number of rotatable bonds is 6. The minimum Gasteiger partial charge on any atom is -0.454 e. The van der Waals surface area contributed by atoms with Gasteiger partial charge in [-0.25, -0.2) is 0 Å². The molecule has 1 aromatic carbocycles. The number of hydrogen-bond donors (Lipinski definition) is 1. The number of fused-ring (bicyclic) bond motifs is 1. The zero-order chi connectivity index (χ0) is 15.9. The lowest BCUT2D eigenvalue weighted by molar-refractivity contribution is -0.119. The van der Waals surface area contributed by atoms with E-state index in [-0.39, 0.29) is 12.7 Å². The van der Waals surface area contributed by atoms with Crippen LogP contribution in [0.4, 0.5) is 0 Å². The largest absolute Gasteiger partial charge is 0.454 e. The molecule has 1 aliphatic heterocycles. The number of amides is 1. The molecule has 2 rings (SSSR count). The van der Waals surface area contributed by atoms with Crippen LogP contribution in [0, 0.1) is 0 Å². The second-order valence-electron chi connectivity index (χ2n) is 4.95. The van der Waals surface area contributed by atoms with E-state index in [0.29, 0.717) is 6.29 Å². The number of allylic oxidation sites excluding steroid dienone is 2. The monoisotopic (exact) mass is 301 g/mol. The molecular weight excluding hydrogens is 282 g/mol. The molecule has 116 valence electrons. The molecular formula is C17H19NO4. The van der Waals surface area contributed by atoms with Crippen molar-refractivity contribution in [3.8, 4) is 11.5 Å². The Labute approximate surface area is 129 Å². The van der Waals surface area contributed by atoms with Crippen molar-refractivity contribution in [1.29, 1.82) is 0 Å². The molecule has 0 saturated heterocycles. The van der Waals surface area contributed by atoms with Crippen molar-refractivity contribution in [1.82, 2.24) is 5.32 Å². The molecule has 0 aromatic heterocycles. The molecule has 0 bridgehead atoms. The van der Waals surface area contributed by atoms with Gasteiger partial charge in [-0.15, -0.1) is 0 Å². The molecule has 1 aliphatic rings. The number of carbonyl (C=O) groups is 2. The summed E-state index contributed by atoms with van der Waals surface area (Å²) in [5.41, 5.74) is 1.97. The molecule has 0 saturated carbocycles. The fraction of sp³-hybridized carbons (Fsp3) is 0.294. The molecule has 5 heteroatoms. The van der Waals surface area contributed by atoms with E-state index in [1.807, 2.05) is 31.2 Å². The lowest BCUT2D eigenvalue weighted by Crippen LogP contribution is -2.32. The van der Waals surface area contributed by atoms with Crippen LogP contribution in [0.25, 0.3) is 6.08 Å². The van der Waals surface area contributed by atoms with Gasteiger partial charge < -0.3 is 19.6 Å². The van der Waals surface area contributed by atoms with Crippen LogP contribution in [0.5, 0.6) is 11.5 Å². The molecule has 1 amide bonds. The zero-order valence-corrected chi connectivity index (χ0v) is 12.7. The van der Waals surface area contributed by atoms with Crippen molar-refractivity contribution < 1.29 is 19.1 Å². The molecule has 0 spiro atoms. The SMILES string of the molecule is CCC(/C=C/C(=O)NC(C)C=O)=C\c1ccc2c(c1)OCO2. The summed E-state index contributed by atoms with van der Waals surface area (Å²) in [5, 5.41) is 2.55. The maximum absolute atomic E-state index is 11.6. The smallest absolute Gasteiger partial charge is 0.244 e. The van der Waals surface area contributed by atoms with Gasteiger partial charge in [-0.2, -0.15) is 0 Å². The number of aldehydes is 1. The summed E-state index contributed by atoms with van der Waals surface area (Å²) < 4.78 is 10.6. The van der Waals surface area contributed by atoms with Gasteiger partial charge in [0, 0.05) is 6.08 Å². The number of nitrogens with one attached hydrogen (secondary N) is 1. The van der Waals surface area contributed by atoms with Gasteiger partial charge in [0.2, 0.25) is 12.7 Å². The van der Waals surface area contributed by atoms with Crippen molar-refractivity contribution in [2.24, 2.45) is 0 Å². The average Bonchev–Trinajstić information content (AvgIpc) is 2.98. The van der Waals surface area contributed by atoms with Crippen LogP contribution in [-0.4, -0.2) is 25.0 Å². The summed E-state index contributed by atoms with van der Waals surface area (Å²) in [6, 6.07) is 5.22. The Balaban J connectivity index is 2.07. The number of carbonyl (C=O) groups excluding carboxylic acids is 2. The zero-order valence-electron chi connectivity index (χ0n) is 12.7. The standard InChI is InChI=1S/C17H19NO4/c1-3-13(5-7-17(20)18-12(2)10-19)8-14-4-6-15-16(9-14)22-11-21-15/h4-10,12H,3,11H2,1-2H3,(H,18,20)/b7-5+,13-8+. The molecule has 1 N–H and O–H groups in total. The highest BCUT2D eigenvalue weighted by Gasteiger charge is 2.12. The van der Waals surface area contributed by atoms with Gasteiger partial charge >= 0.3 is 0 Å². The highest BCUT2D eigenvalue weighted by atomic mass is 16.7. The molecule has 1 unspecified atom stereocenters. The van der Waals surface area contributed by atoms with E-state index in [2.05, 4.69) is 5.32 Å². The molecule has 0 fully saturated rings. The normalized spacial score (nSPS) is 14.9. The van der Waals surface area contributed by atoms with Gasteiger partial charge in [-0.05, 0) is 36.6 Å². The van der Waals surface area contributed by atoms with Crippen molar-refractivity contribution in [3.05, 3.63) is 41.5 Å². The first-order chi connectivity index (χ1) is 10.6. The Bertz CT molecular complexity index is 619. The first-order valence-electron chi connectivity index (χ1n) is 7.16. The molecule has 1 heterocycles. The van der Waals surface area contributed by atoms with E-state index in [9.17, 15) is 9.59 Å². The van der Waals surface area contributed by atoms with Crippen molar-refractivity contribution in [2.45, 2.75) is 26.3 Å². The number of hydrogen-bond acceptors (Lipinski definition) is 4. The lowest BCUT2D eigenvalue weighted by atomic mass is 10.1. The predicted molar refractivity (Wildman–Crippen MR) is 83.6 cm³/mol. The molecule has 1 aromatic rings. The summed E-state index contributed by atoms with van der Waals surface area (Å²) in [4.78, 5) is 22.1. The van der Waals surface area contributed by atoms with Crippen LogP contribution >= 0.6 is 0 Å². The van der Waals surface area contributed by atoms with Gasteiger partial charge in [0.25, 0.3) is 0 Å². The van der Waals surface area contributed by atoms with Crippen LogP contribution in [0.3, 0.4) is 0 Å². The maximum atomic E-state index is 11.6. The van der Waals surface area contributed by atoms with Gasteiger partial charge in [-0.3, -0.25) is 4.79 Å². The summed E-state index contributed by atoms with van der Waals surface area (Å²) >= 11 is 0. The lowest BCUT2D eigenvalue weighted by Gasteiger charge is -2.04. The Kier molecular flexibility index (Phi) is 5.36. The predicted octanol–water partition coefficient (Wildman–Crippen LogP) is 2.47. The molecule has 0 aliphatic carbocycles. The van der Waals surface area contributed by atoms with Gasteiger partial charge in [0.05, 0.1) is 6.04 Å². The Morgan fingerprint density at radius 3 is 2.82 bits per heavy atom. The fourth-order valence-corrected chi connectivity index (χ4v) is 1.97. The Morgan fingerprint density at radius 2 is 2.09 bits per heavy atom. The van der Waals surface area contributed by atoms with Crippen molar-refractivity contribution >= 4 is 18.3 Å². The maximum Gasteiger partial charge on any atom is 0.244 e. The van der Waals surface area contributed by atoms with Crippen LogP contribution in [0.2, 0.25) is 0 Å². The number of benzene rings is 1. The molecule has 22 heavy (non-hydrogen) atoms. The second-order valence-corrected chi connectivity index (χ2v) is 4.95. The van der Waals surface area contributed by atoms with E-state index < -0.39 is 6.04 Å². The third-order valence-electron chi connectivity index (χ3n) is 3.18. The van der Waals surface area contributed by atoms with Crippen LogP contribution in [0.1, 0.15) is 25.8 Å². The second kappa shape index (κ2) is 7.45. The highest BCUT2D eigenvalue weighted by molar-refractivity contribution is 5.90. The Hall–Kier alpha value is -2.56. The third-order valence-corrected chi connectivity index (χ3v) is 3.18. The van der Waals surface area contributed by atoms with Crippen molar-refractivity contribution in [3.63, 3.8) is 0 Å². The summed E-state index contributed by atoms with van der Waals surface area (Å²) in [7, 11) is 0. The molecule has 5 nitrogen and oxygen atoms in total. The van der Waals surface area contributed by atoms with Crippen LogP contribution in [0.15, 0.2) is 35.9 Å². The average molecular weight is 301 g/mol. The first kappa shape index (κ1) is 15.8. The number of ether oxygens (including phenoxy) is 2. The van der Waals surface area contributed by atoms with E-state index in [1.165, 1.54) is 6.08 Å². The van der Waals surface area contributed by atoms with E-state index in [0.717, 1.165) is 29.1 Å². The van der Waals surface area contributed by atoms with Crippen LogP contribution < -0.4 is 14.8 Å². The topological polar surface area (TPSA) is 64.6 Å². The van der Waals surface area contributed by atoms with Gasteiger partial charge in [0.15, 0.2) is 11.5 Å². The minimum atomic E-state index is -0.486. The van der Waals surface area contributed by atoms with E-state index in [4.69, 9.17) is 9.47 Å². The highest BCUT2D eigenvalue weighted by Crippen LogP contribution is 2.33. The van der Waals surface area contributed by atoms with Gasteiger partial charge in [-0.1, -0.05) is 25.1 Å². The Morgan fingerprint density at radius 1 is 1.32 bits per heavy atom. The third kappa shape index (κ3) is 4.22. The van der Waals surface area contributed by atoms with Gasteiger partial charge in [0.1, 0.15) is 6.29 Å². The van der Waals surface area contributed by atoms with E-state index in [1.54, 1.807) is 13.0 Å². The fourth-order valence-electron chi connectivity index (χ4n) is 1.97. The molecule has 1 atom stereocenters. The van der Waals surface area contributed by atoms with Crippen LogP contribution in [-0.2, 0) is 9.59 Å². The van der Waals surface area contributed by atoms with E-state index >= 15 is 0 Å². The quantitative estimate of drug-likeness (QED) is 0.498. The first-order valence-corrected chi connectivity index (χ1v) is 7.16. The minimum absolute atomic E-state index is 0.248. The summed E-state index contributed by atoms with van der Waals surface area (Å²) in [5.74, 6) is 1.18. The summed E-state index contributed by atoms with van der Waals surface area (Å²) in [6.45, 7) is 3.88. The van der Waals surface area contributed by atoms with Crippen molar-refractivity contribution in [2.75, 3.05) is 6.79 Å². The molecule has 0 radical (unpaired) electrons. The summed E-state index contributed by atoms with van der Waals surface area (Å²) in [6.07, 6.45) is 6.63.